The fraction of sp³-hybridized carbons (Fsp3) is 0.750. The minimum Gasteiger partial charge on any atom is -0.294 e. The lowest BCUT2D eigenvalue weighted by molar-refractivity contribution is -0.134. The molecule has 2 saturated carbocycles. The first kappa shape index (κ1) is 16.7. The smallest absolute Gasteiger partial charge is 0.161 e. The van der Waals surface area contributed by atoms with E-state index in [4.69, 9.17) is 0 Å². The third-order valence-corrected chi connectivity index (χ3v) is 8.47. The average molecular weight is 412 g/mol. The molecule has 5 atom stereocenters. The van der Waals surface area contributed by atoms with Gasteiger partial charge in [0.2, 0.25) is 0 Å². The molecule has 0 bridgehead atoms. The maximum Gasteiger partial charge on any atom is 0.161 e. The largest absolute Gasteiger partial charge is 0.294 e. The molecule has 0 aliphatic heterocycles. The van der Waals surface area contributed by atoms with Crippen LogP contribution in [0.3, 0.4) is 0 Å². The molecule has 122 valence electrons. The molecule has 3 aliphatic carbocycles. The first-order valence-electron chi connectivity index (χ1n) is 8.82. The molecule has 2 heteroatoms. The van der Waals surface area contributed by atoms with E-state index in [2.05, 4.69) is 56.0 Å². The molecular weight excluding hydrogens is 383 g/mol. The number of fused-ring (bicyclic) bond motifs is 3. The van der Waals surface area contributed by atoms with Crippen molar-refractivity contribution in [3.8, 4) is 0 Å². The summed E-state index contributed by atoms with van der Waals surface area (Å²) in [4.78, 5) is 12.6. The van der Waals surface area contributed by atoms with E-state index in [9.17, 15) is 4.79 Å². The van der Waals surface area contributed by atoms with Crippen LogP contribution < -0.4 is 0 Å². The summed E-state index contributed by atoms with van der Waals surface area (Å²) < 4.78 is 0.395. The average Bonchev–Trinajstić information content (AvgIpc) is 2.46. The summed E-state index contributed by atoms with van der Waals surface area (Å²) in [5, 5.41) is 0. The normalized spacial score (nSPS) is 47.9. The number of rotatable bonds is 2. The molecule has 0 aromatic heterocycles. The molecule has 3 rings (SSSR count). The number of hydrogen-bond acceptors (Lipinski definition) is 1. The van der Waals surface area contributed by atoms with Gasteiger partial charge in [0.15, 0.2) is 5.78 Å². The van der Waals surface area contributed by atoms with Gasteiger partial charge in [0.1, 0.15) is 0 Å². The van der Waals surface area contributed by atoms with Crippen LogP contribution in [0, 0.1) is 22.7 Å². The van der Waals surface area contributed by atoms with Crippen molar-refractivity contribution in [1.29, 1.82) is 0 Å². The molecule has 22 heavy (non-hydrogen) atoms. The number of alkyl halides is 1. The Hall–Kier alpha value is -0.120. The minimum atomic E-state index is -0.195. The van der Waals surface area contributed by atoms with Gasteiger partial charge < -0.3 is 0 Å². The predicted octanol–water partition coefficient (Wildman–Crippen LogP) is 5.88. The third kappa shape index (κ3) is 2.27. The topological polar surface area (TPSA) is 17.1 Å². The maximum atomic E-state index is 12.6. The maximum absolute atomic E-state index is 12.6. The van der Waals surface area contributed by atoms with Gasteiger partial charge in [0, 0.05) is 8.84 Å². The molecule has 0 amide bonds. The molecule has 0 spiro atoms. The van der Waals surface area contributed by atoms with Gasteiger partial charge in [-0.1, -0.05) is 61.1 Å². The Kier molecular flexibility index (Phi) is 4.15. The van der Waals surface area contributed by atoms with Crippen molar-refractivity contribution in [2.75, 3.05) is 0 Å². The number of allylic oxidation sites excluding steroid dienone is 3. The van der Waals surface area contributed by atoms with Gasteiger partial charge in [0.05, 0.1) is 0 Å². The van der Waals surface area contributed by atoms with Crippen LogP contribution in [0.4, 0.5) is 0 Å². The van der Waals surface area contributed by atoms with Gasteiger partial charge in [-0.15, -0.1) is 0 Å². The zero-order valence-electron chi connectivity index (χ0n) is 14.3. The Morgan fingerprint density at radius 1 is 1.27 bits per heavy atom. The van der Waals surface area contributed by atoms with Crippen LogP contribution in [0.1, 0.15) is 65.7 Å². The molecule has 0 aromatic rings. The van der Waals surface area contributed by atoms with Gasteiger partial charge in [0.25, 0.3) is 0 Å². The highest BCUT2D eigenvalue weighted by Crippen LogP contribution is 2.64. The van der Waals surface area contributed by atoms with E-state index in [1.165, 1.54) is 38.5 Å². The Bertz CT molecular complexity index is 532. The van der Waals surface area contributed by atoms with Crippen LogP contribution in [0.5, 0.6) is 0 Å². The highest BCUT2D eigenvalue weighted by Gasteiger charge is 2.58. The van der Waals surface area contributed by atoms with Crippen LogP contribution in [0.15, 0.2) is 24.3 Å². The number of hydrogen-bond donors (Lipinski definition) is 0. The van der Waals surface area contributed by atoms with Gasteiger partial charge >= 0.3 is 0 Å². The zero-order chi connectivity index (χ0) is 16.2. The monoisotopic (exact) mass is 412 g/mol. The number of ketones is 1. The second-order valence-corrected chi connectivity index (χ2v) is 10.9. The van der Waals surface area contributed by atoms with Gasteiger partial charge in [-0.3, -0.25) is 4.79 Å². The van der Waals surface area contributed by atoms with Crippen molar-refractivity contribution in [3.63, 3.8) is 0 Å². The predicted molar refractivity (Wildman–Crippen MR) is 101 cm³/mol. The van der Waals surface area contributed by atoms with E-state index in [1.807, 2.05) is 0 Å². The van der Waals surface area contributed by atoms with E-state index >= 15 is 0 Å². The van der Waals surface area contributed by atoms with Crippen molar-refractivity contribution < 1.29 is 4.79 Å². The summed E-state index contributed by atoms with van der Waals surface area (Å²) in [5.41, 5.74) is 1.72. The SMILES string of the molecule is C=CC(=O)[C@]1(C)CCC[C@@]2(C)C3=CCC[C@](C)(I)C3CCC12. The summed E-state index contributed by atoms with van der Waals surface area (Å²) in [6.07, 6.45) is 12.6. The van der Waals surface area contributed by atoms with Crippen molar-refractivity contribution in [3.05, 3.63) is 24.3 Å². The van der Waals surface area contributed by atoms with Crippen molar-refractivity contribution >= 4 is 28.4 Å². The van der Waals surface area contributed by atoms with Crippen LogP contribution >= 0.6 is 22.6 Å². The molecule has 1 nitrogen and oxygen atoms in total. The summed E-state index contributed by atoms with van der Waals surface area (Å²) >= 11 is 2.70. The lowest BCUT2D eigenvalue weighted by Gasteiger charge is -2.59. The summed E-state index contributed by atoms with van der Waals surface area (Å²) in [6, 6.07) is 0. The number of carbonyl (C=O) groups excluding carboxylic acids is 1. The lowest BCUT2D eigenvalue weighted by atomic mass is 9.45. The Labute approximate surface area is 149 Å². The quantitative estimate of drug-likeness (QED) is 0.240. The Balaban J connectivity index is 2.04. The zero-order valence-corrected chi connectivity index (χ0v) is 16.4. The molecule has 0 heterocycles. The van der Waals surface area contributed by atoms with Crippen LogP contribution in [-0.2, 0) is 4.79 Å². The Morgan fingerprint density at radius 2 is 2.00 bits per heavy atom. The third-order valence-electron chi connectivity index (χ3n) is 7.18. The first-order valence-corrected chi connectivity index (χ1v) is 9.90. The lowest BCUT2D eigenvalue weighted by Crippen LogP contribution is -2.54. The van der Waals surface area contributed by atoms with Crippen molar-refractivity contribution in [2.45, 2.75) is 69.1 Å². The van der Waals surface area contributed by atoms with E-state index < -0.39 is 0 Å². The molecule has 3 aliphatic rings. The molecule has 0 aromatic carbocycles. The molecule has 0 saturated heterocycles. The molecule has 0 radical (unpaired) electrons. The molecule has 2 fully saturated rings. The number of halogens is 1. The standard InChI is InChI=1S/C20H29IO/c1-5-17(22)19(3)12-7-11-18(2)14-8-6-13-20(4,21)15(14)9-10-16(18)19/h5,8,15-16H,1,6-7,9-13H2,2-4H3/t15?,16?,18-,19+,20-/m0/s1. The second-order valence-electron chi connectivity index (χ2n) is 8.42. The highest BCUT2D eigenvalue weighted by molar-refractivity contribution is 14.1. The van der Waals surface area contributed by atoms with Gasteiger partial charge in [-0.05, 0) is 68.8 Å². The molecule has 0 N–H and O–H groups in total. The van der Waals surface area contributed by atoms with E-state index in [1.54, 1.807) is 11.6 Å². The summed E-state index contributed by atoms with van der Waals surface area (Å²) in [5.74, 6) is 1.48. The van der Waals surface area contributed by atoms with Crippen LogP contribution in [0.25, 0.3) is 0 Å². The van der Waals surface area contributed by atoms with Crippen LogP contribution in [0.2, 0.25) is 0 Å². The van der Waals surface area contributed by atoms with E-state index in [0.717, 1.165) is 6.42 Å². The molecular formula is C20H29IO. The summed E-state index contributed by atoms with van der Waals surface area (Å²) in [6.45, 7) is 10.9. The second kappa shape index (κ2) is 5.46. The van der Waals surface area contributed by atoms with Crippen molar-refractivity contribution in [1.82, 2.24) is 0 Å². The highest BCUT2D eigenvalue weighted by atomic mass is 127. The Morgan fingerprint density at radius 3 is 2.68 bits per heavy atom. The minimum absolute atomic E-state index is 0.195. The van der Waals surface area contributed by atoms with Crippen molar-refractivity contribution in [2.24, 2.45) is 22.7 Å². The van der Waals surface area contributed by atoms with Gasteiger partial charge in [-0.2, -0.15) is 0 Å². The van der Waals surface area contributed by atoms with E-state index in [-0.39, 0.29) is 16.6 Å². The fourth-order valence-electron chi connectivity index (χ4n) is 5.96. The first-order chi connectivity index (χ1) is 10.3. The molecule has 2 unspecified atom stereocenters. The van der Waals surface area contributed by atoms with Crippen LogP contribution in [-0.4, -0.2) is 9.20 Å². The fourth-order valence-corrected chi connectivity index (χ4v) is 6.92. The number of carbonyl (C=O) groups is 1. The van der Waals surface area contributed by atoms with Gasteiger partial charge in [-0.25, -0.2) is 0 Å². The summed E-state index contributed by atoms with van der Waals surface area (Å²) in [7, 11) is 0. The van der Waals surface area contributed by atoms with E-state index in [0.29, 0.717) is 15.3 Å².